The maximum absolute atomic E-state index is 10.9. The van der Waals surface area contributed by atoms with Crippen LogP contribution >= 0.6 is 23.2 Å². The Bertz CT molecular complexity index is 853. The predicted molar refractivity (Wildman–Crippen MR) is 94.0 cm³/mol. The number of imidazole rings is 1. The van der Waals surface area contributed by atoms with Crippen LogP contribution in [-0.2, 0) is 13.0 Å². The molecule has 122 valence electrons. The molecule has 3 aromatic rings. The van der Waals surface area contributed by atoms with E-state index in [-0.39, 0.29) is 5.56 Å². The van der Waals surface area contributed by atoms with Gasteiger partial charge in [-0.25, -0.2) is 9.78 Å². The molecule has 0 aliphatic carbocycles. The Balaban J connectivity index is 1.78. The van der Waals surface area contributed by atoms with Gasteiger partial charge in [-0.3, -0.25) is 0 Å². The van der Waals surface area contributed by atoms with Gasteiger partial charge in [-0.15, -0.1) is 0 Å². The van der Waals surface area contributed by atoms with E-state index in [1.165, 1.54) is 0 Å². The average Bonchev–Trinajstić information content (AvgIpc) is 2.93. The molecule has 4 nitrogen and oxygen atoms in total. The monoisotopic (exact) mass is 360 g/mol. The Kier molecular flexibility index (Phi) is 4.88. The molecule has 2 aromatic carbocycles. The molecule has 1 aromatic heterocycles. The molecule has 3 rings (SSSR count). The molecule has 0 aliphatic heterocycles. The number of carboxylic acids is 1. The van der Waals surface area contributed by atoms with Crippen molar-refractivity contribution in [2.75, 3.05) is 0 Å². The molecule has 0 spiro atoms. The van der Waals surface area contributed by atoms with Gasteiger partial charge in [-0.05, 0) is 41.5 Å². The van der Waals surface area contributed by atoms with Crippen molar-refractivity contribution in [3.8, 4) is 0 Å². The van der Waals surface area contributed by atoms with Gasteiger partial charge in [0.2, 0.25) is 0 Å². The van der Waals surface area contributed by atoms with Crippen molar-refractivity contribution < 1.29 is 9.90 Å². The van der Waals surface area contributed by atoms with Crippen LogP contribution in [0.15, 0.2) is 54.9 Å². The Morgan fingerprint density at radius 1 is 1.04 bits per heavy atom. The number of aromatic nitrogens is 2. The molecular formula is C18H14Cl2N2O2. The smallest absolute Gasteiger partial charge is 0.335 e. The van der Waals surface area contributed by atoms with E-state index in [4.69, 9.17) is 28.3 Å². The zero-order valence-electron chi connectivity index (χ0n) is 12.6. The Morgan fingerprint density at radius 2 is 1.71 bits per heavy atom. The van der Waals surface area contributed by atoms with Crippen LogP contribution in [0.25, 0.3) is 0 Å². The zero-order valence-corrected chi connectivity index (χ0v) is 14.1. The normalized spacial score (nSPS) is 10.8. The molecular weight excluding hydrogens is 347 g/mol. The van der Waals surface area contributed by atoms with Gasteiger partial charge in [-0.2, -0.15) is 0 Å². The summed E-state index contributed by atoms with van der Waals surface area (Å²) in [6.07, 6.45) is 4.25. The quantitative estimate of drug-likeness (QED) is 0.727. The number of nitrogens with zero attached hydrogens (tertiary/aromatic N) is 2. The molecule has 0 fully saturated rings. The van der Waals surface area contributed by atoms with Crippen LogP contribution in [-0.4, -0.2) is 20.6 Å². The van der Waals surface area contributed by atoms with E-state index in [0.29, 0.717) is 23.0 Å². The first-order chi connectivity index (χ1) is 11.5. The molecule has 0 amide bonds. The number of halogens is 2. The second-order valence-electron chi connectivity index (χ2n) is 5.43. The number of benzene rings is 2. The summed E-state index contributed by atoms with van der Waals surface area (Å²) in [6, 6.07) is 12.3. The minimum atomic E-state index is -0.928. The minimum absolute atomic E-state index is 0.276. The summed E-state index contributed by atoms with van der Waals surface area (Å²) >= 11 is 12.1. The van der Waals surface area contributed by atoms with Crippen molar-refractivity contribution >= 4 is 29.2 Å². The average molecular weight is 361 g/mol. The second-order valence-corrected chi connectivity index (χ2v) is 6.30. The first-order valence-corrected chi connectivity index (χ1v) is 8.04. The van der Waals surface area contributed by atoms with Crippen LogP contribution < -0.4 is 0 Å². The maximum Gasteiger partial charge on any atom is 0.335 e. The van der Waals surface area contributed by atoms with Crippen LogP contribution in [0.5, 0.6) is 0 Å². The molecule has 24 heavy (non-hydrogen) atoms. The van der Waals surface area contributed by atoms with Crippen molar-refractivity contribution in [2.24, 2.45) is 0 Å². The molecule has 0 atom stereocenters. The highest BCUT2D eigenvalue weighted by Gasteiger charge is 2.08. The van der Waals surface area contributed by atoms with Crippen LogP contribution in [0.1, 0.15) is 27.3 Å². The van der Waals surface area contributed by atoms with Gasteiger partial charge in [0.1, 0.15) is 5.82 Å². The fraction of sp³-hybridized carbons (Fsp3) is 0.111. The third kappa shape index (κ3) is 3.96. The molecule has 0 radical (unpaired) electrons. The number of hydrogen-bond donors (Lipinski definition) is 1. The van der Waals surface area contributed by atoms with Gasteiger partial charge in [0.25, 0.3) is 0 Å². The topological polar surface area (TPSA) is 55.1 Å². The second kappa shape index (κ2) is 7.07. The van der Waals surface area contributed by atoms with Crippen molar-refractivity contribution in [1.82, 2.24) is 9.55 Å². The zero-order chi connectivity index (χ0) is 17.1. The third-order valence-corrected chi connectivity index (χ3v) is 4.08. The highest BCUT2D eigenvalue weighted by Crippen LogP contribution is 2.21. The molecule has 1 heterocycles. The van der Waals surface area contributed by atoms with Gasteiger partial charge in [0.15, 0.2) is 0 Å². The molecule has 0 unspecified atom stereocenters. The molecule has 6 heteroatoms. The van der Waals surface area contributed by atoms with Crippen molar-refractivity contribution in [2.45, 2.75) is 13.0 Å². The first kappa shape index (κ1) is 16.6. The summed E-state index contributed by atoms with van der Waals surface area (Å²) in [5.74, 6) is -0.0432. The van der Waals surface area contributed by atoms with E-state index in [0.717, 1.165) is 17.0 Å². The fourth-order valence-electron chi connectivity index (χ4n) is 2.50. The summed E-state index contributed by atoms with van der Waals surface area (Å²) in [4.78, 5) is 15.3. The predicted octanol–water partition coefficient (Wildman–Crippen LogP) is 4.53. The third-order valence-electron chi connectivity index (χ3n) is 3.64. The summed E-state index contributed by atoms with van der Waals surface area (Å²) in [5.41, 5.74) is 2.27. The summed E-state index contributed by atoms with van der Waals surface area (Å²) in [7, 11) is 0. The number of aromatic carboxylic acids is 1. The molecule has 0 saturated carbocycles. The van der Waals surface area contributed by atoms with Crippen LogP contribution in [0.4, 0.5) is 0 Å². The first-order valence-electron chi connectivity index (χ1n) is 7.28. The minimum Gasteiger partial charge on any atom is -0.478 e. The Morgan fingerprint density at radius 3 is 2.33 bits per heavy atom. The SMILES string of the molecule is O=C(O)c1ccc(Cn2ccnc2Cc2cc(Cl)cc(Cl)c2)cc1. The largest absolute Gasteiger partial charge is 0.478 e. The van der Waals surface area contributed by atoms with Crippen molar-refractivity contribution in [3.63, 3.8) is 0 Å². The standard InChI is InChI=1S/C18H14Cl2N2O2/c19-15-7-13(8-16(20)10-15)9-17-21-5-6-22(17)11-12-1-3-14(4-2-12)18(23)24/h1-8,10H,9,11H2,(H,23,24). The van der Waals surface area contributed by atoms with Gasteiger partial charge in [0.05, 0.1) is 5.56 Å². The van der Waals surface area contributed by atoms with E-state index in [9.17, 15) is 4.79 Å². The van der Waals surface area contributed by atoms with Gasteiger partial charge < -0.3 is 9.67 Å². The lowest BCUT2D eigenvalue weighted by Crippen LogP contribution is -2.06. The molecule has 1 N–H and O–H groups in total. The molecule has 0 saturated heterocycles. The fourth-order valence-corrected chi connectivity index (χ4v) is 3.07. The number of rotatable bonds is 5. The van der Waals surface area contributed by atoms with Crippen molar-refractivity contribution in [3.05, 3.63) is 87.4 Å². The summed E-state index contributed by atoms with van der Waals surface area (Å²) in [6.45, 7) is 0.615. The highest BCUT2D eigenvalue weighted by atomic mass is 35.5. The van der Waals surface area contributed by atoms with E-state index in [2.05, 4.69) is 4.98 Å². The van der Waals surface area contributed by atoms with E-state index in [1.807, 2.05) is 35.0 Å². The Hall–Kier alpha value is -2.30. The van der Waals surface area contributed by atoms with E-state index < -0.39 is 5.97 Å². The highest BCUT2D eigenvalue weighted by molar-refractivity contribution is 6.34. The number of carbonyl (C=O) groups is 1. The van der Waals surface area contributed by atoms with Gasteiger partial charge >= 0.3 is 5.97 Å². The van der Waals surface area contributed by atoms with Gasteiger partial charge in [0, 0.05) is 35.4 Å². The lowest BCUT2D eigenvalue weighted by Gasteiger charge is -2.09. The van der Waals surface area contributed by atoms with E-state index in [1.54, 1.807) is 24.4 Å². The van der Waals surface area contributed by atoms with Gasteiger partial charge in [-0.1, -0.05) is 35.3 Å². The van der Waals surface area contributed by atoms with Crippen LogP contribution in [0.3, 0.4) is 0 Å². The number of hydrogen-bond acceptors (Lipinski definition) is 2. The summed E-state index contributed by atoms with van der Waals surface area (Å²) in [5, 5.41) is 10.1. The van der Waals surface area contributed by atoms with Crippen LogP contribution in [0, 0.1) is 0 Å². The van der Waals surface area contributed by atoms with Crippen LogP contribution in [0.2, 0.25) is 10.0 Å². The summed E-state index contributed by atoms with van der Waals surface area (Å²) < 4.78 is 2.02. The number of carboxylic acid groups (broad SMARTS) is 1. The Labute approximate surface area is 149 Å². The molecule has 0 aliphatic rings. The molecule has 0 bridgehead atoms. The van der Waals surface area contributed by atoms with Crippen molar-refractivity contribution in [1.29, 1.82) is 0 Å². The van der Waals surface area contributed by atoms with E-state index >= 15 is 0 Å². The lowest BCUT2D eigenvalue weighted by atomic mass is 10.1. The maximum atomic E-state index is 10.9. The lowest BCUT2D eigenvalue weighted by molar-refractivity contribution is 0.0697.